The molecule has 1 aromatic heterocycles. The van der Waals surface area contributed by atoms with Crippen LogP contribution in [0.1, 0.15) is 25.6 Å². The third-order valence-electron chi connectivity index (χ3n) is 3.11. The molecular weight excluding hydrogens is 230 g/mol. The fourth-order valence-electron chi connectivity index (χ4n) is 1.64. The Bertz CT molecular complexity index is 536. The summed E-state index contributed by atoms with van der Waals surface area (Å²) in [4.78, 5) is 15.3. The summed E-state index contributed by atoms with van der Waals surface area (Å²) in [5.74, 6) is -0.340. The molecule has 0 aliphatic heterocycles. The molecular formula is C13H15N3O2. The highest BCUT2D eigenvalue weighted by molar-refractivity contribution is 5.70. The molecule has 2 aromatic rings. The van der Waals surface area contributed by atoms with Crippen molar-refractivity contribution in [2.24, 2.45) is 5.92 Å². The van der Waals surface area contributed by atoms with E-state index in [1.54, 1.807) is 6.92 Å². The van der Waals surface area contributed by atoms with E-state index in [0.29, 0.717) is 11.6 Å². The van der Waals surface area contributed by atoms with Crippen LogP contribution in [0, 0.1) is 5.92 Å². The van der Waals surface area contributed by atoms with E-state index in [1.165, 1.54) is 0 Å². The van der Waals surface area contributed by atoms with Crippen LogP contribution < -0.4 is 0 Å². The standard InChI is InChI=1S/C13H15N3O2/c1-8(9(2)13(17)18)11-14-12(16-15-11)10-6-4-3-5-7-10/h3-9H,1-2H3,(H,17,18)(H,14,15,16). The van der Waals surface area contributed by atoms with E-state index in [2.05, 4.69) is 15.2 Å². The first-order valence-corrected chi connectivity index (χ1v) is 5.80. The highest BCUT2D eigenvalue weighted by Crippen LogP contribution is 2.23. The average molecular weight is 245 g/mol. The number of rotatable bonds is 4. The van der Waals surface area contributed by atoms with Crippen LogP contribution in [0.2, 0.25) is 0 Å². The first-order valence-electron chi connectivity index (χ1n) is 5.80. The molecule has 5 nitrogen and oxygen atoms in total. The highest BCUT2D eigenvalue weighted by atomic mass is 16.4. The fraction of sp³-hybridized carbons (Fsp3) is 0.308. The number of hydrogen-bond acceptors (Lipinski definition) is 3. The van der Waals surface area contributed by atoms with Crippen molar-refractivity contribution in [2.45, 2.75) is 19.8 Å². The van der Waals surface area contributed by atoms with Gasteiger partial charge in [0.1, 0.15) is 5.82 Å². The predicted octanol–water partition coefficient (Wildman–Crippen LogP) is 2.30. The van der Waals surface area contributed by atoms with Gasteiger partial charge in [-0.1, -0.05) is 44.2 Å². The third-order valence-corrected chi connectivity index (χ3v) is 3.11. The van der Waals surface area contributed by atoms with Crippen LogP contribution in [0.25, 0.3) is 11.4 Å². The largest absolute Gasteiger partial charge is 0.481 e. The number of aliphatic carboxylic acids is 1. The first kappa shape index (κ1) is 12.3. The Morgan fingerprint density at radius 1 is 1.28 bits per heavy atom. The van der Waals surface area contributed by atoms with Crippen molar-refractivity contribution in [1.29, 1.82) is 0 Å². The van der Waals surface area contributed by atoms with Crippen LogP contribution >= 0.6 is 0 Å². The van der Waals surface area contributed by atoms with Crippen LogP contribution in [0.15, 0.2) is 30.3 Å². The minimum atomic E-state index is -0.833. The molecule has 0 amide bonds. The molecule has 0 spiro atoms. The predicted molar refractivity (Wildman–Crippen MR) is 67.0 cm³/mol. The number of nitrogens with zero attached hydrogens (tertiary/aromatic N) is 2. The number of aromatic nitrogens is 3. The zero-order valence-electron chi connectivity index (χ0n) is 10.3. The topological polar surface area (TPSA) is 78.9 Å². The van der Waals surface area contributed by atoms with Gasteiger partial charge in [0.2, 0.25) is 0 Å². The van der Waals surface area contributed by atoms with E-state index in [9.17, 15) is 4.79 Å². The SMILES string of the molecule is CC(C(=O)O)C(C)c1nc(-c2ccccc2)n[nH]1. The van der Waals surface area contributed by atoms with Crippen LogP contribution in [0.4, 0.5) is 0 Å². The summed E-state index contributed by atoms with van der Waals surface area (Å²) in [5.41, 5.74) is 0.912. The number of carboxylic acid groups (broad SMARTS) is 1. The molecule has 5 heteroatoms. The molecule has 18 heavy (non-hydrogen) atoms. The summed E-state index contributed by atoms with van der Waals surface area (Å²) >= 11 is 0. The van der Waals surface area contributed by atoms with Gasteiger partial charge in [0.15, 0.2) is 5.82 Å². The summed E-state index contributed by atoms with van der Waals surface area (Å²) in [6.45, 7) is 3.49. The number of aromatic amines is 1. The van der Waals surface area contributed by atoms with Crippen molar-refractivity contribution in [3.8, 4) is 11.4 Å². The summed E-state index contributed by atoms with van der Waals surface area (Å²) < 4.78 is 0. The van der Waals surface area contributed by atoms with Gasteiger partial charge in [0.25, 0.3) is 0 Å². The lowest BCUT2D eigenvalue weighted by atomic mass is 9.96. The molecule has 2 unspecified atom stereocenters. The van der Waals surface area contributed by atoms with Gasteiger partial charge in [-0.2, -0.15) is 5.10 Å². The maximum Gasteiger partial charge on any atom is 0.306 e. The second-order valence-corrected chi connectivity index (χ2v) is 4.33. The molecule has 0 aliphatic carbocycles. The lowest BCUT2D eigenvalue weighted by Gasteiger charge is -2.12. The summed E-state index contributed by atoms with van der Waals surface area (Å²) in [5, 5.41) is 15.9. The maximum atomic E-state index is 10.9. The van der Waals surface area contributed by atoms with E-state index in [0.717, 1.165) is 5.56 Å². The van der Waals surface area contributed by atoms with Crippen molar-refractivity contribution in [3.05, 3.63) is 36.2 Å². The van der Waals surface area contributed by atoms with Gasteiger partial charge in [-0.25, -0.2) is 4.98 Å². The summed E-state index contributed by atoms with van der Waals surface area (Å²) in [6, 6.07) is 9.58. The number of nitrogens with one attached hydrogen (secondary N) is 1. The minimum Gasteiger partial charge on any atom is -0.481 e. The zero-order valence-corrected chi connectivity index (χ0v) is 10.3. The lowest BCUT2D eigenvalue weighted by Crippen LogP contribution is -2.17. The Hall–Kier alpha value is -2.17. The van der Waals surface area contributed by atoms with Gasteiger partial charge in [0, 0.05) is 11.5 Å². The summed E-state index contributed by atoms with van der Waals surface area (Å²) in [7, 11) is 0. The Morgan fingerprint density at radius 2 is 1.94 bits per heavy atom. The monoisotopic (exact) mass is 245 g/mol. The van der Waals surface area contributed by atoms with Gasteiger partial charge in [-0.3, -0.25) is 9.89 Å². The molecule has 0 fully saturated rings. The normalized spacial score (nSPS) is 14.1. The van der Waals surface area contributed by atoms with E-state index < -0.39 is 11.9 Å². The molecule has 0 bridgehead atoms. The fourth-order valence-corrected chi connectivity index (χ4v) is 1.64. The van der Waals surface area contributed by atoms with Crippen LogP contribution in [0.3, 0.4) is 0 Å². The van der Waals surface area contributed by atoms with Gasteiger partial charge < -0.3 is 5.11 Å². The van der Waals surface area contributed by atoms with Gasteiger partial charge >= 0.3 is 5.97 Å². The number of carboxylic acids is 1. The molecule has 1 heterocycles. The molecule has 0 aliphatic rings. The Balaban J connectivity index is 2.23. The Kier molecular flexibility index (Phi) is 3.41. The smallest absolute Gasteiger partial charge is 0.306 e. The molecule has 2 rings (SSSR count). The number of H-pyrrole nitrogens is 1. The summed E-state index contributed by atoms with van der Waals surface area (Å²) in [6.07, 6.45) is 0. The molecule has 0 saturated carbocycles. The highest BCUT2D eigenvalue weighted by Gasteiger charge is 2.23. The molecule has 1 aromatic carbocycles. The molecule has 2 atom stereocenters. The van der Waals surface area contributed by atoms with Gasteiger partial charge in [0.05, 0.1) is 5.92 Å². The van der Waals surface area contributed by atoms with Gasteiger partial charge in [-0.15, -0.1) is 0 Å². The third kappa shape index (κ3) is 2.40. The number of benzene rings is 1. The zero-order chi connectivity index (χ0) is 13.1. The van der Waals surface area contributed by atoms with E-state index >= 15 is 0 Å². The second kappa shape index (κ2) is 5.00. The van der Waals surface area contributed by atoms with Crippen LogP contribution in [0.5, 0.6) is 0 Å². The molecule has 0 saturated heterocycles. The minimum absolute atomic E-state index is 0.201. The van der Waals surface area contributed by atoms with Crippen molar-refractivity contribution in [1.82, 2.24) is 15.2 Å². The number of hydrogen-bond donors (Lipinski definition) is 2. The average Bonchev–Trinajstić information content (AvgIpc) is 2.87. The van der Waals surface area contributed by atoms with E-state index in [1.807, 2.05) is 37.3 Å². The first-order chi connectivity index (χ1) is 8.59. The molecule has 94 valence electrons. The van der Waals surface area contributed by atoms with Crippen molar-refractivity contribution in [2.75, 3.05) is 0 Å². The van der Waals surface area contributed by atoms with Crippen molar-refractivity contribution >= 4 is 5.97 Å². The molecule has 0 radical (unpaired) electrons. The maximum absolute atomic E-state index is 10.9. The quantitative estimate of drug-likeness (QED) is 0.866. The van der Waals surface area contributed by atoms with Gasteiger partial charge in [-0.05, 0) is 0 Å². The Labute approximate surface area is 105 Å². The van der Waals surface area contributed by atoms with E-state index in [-0.39, 0.29) is 5.92 Å². The van der Waals surface area contributed by atoms with Crippen LogP contribution in [-0.2, 0) is 4.79 Å². The second-order valence-electron chi connectivity index (χ2n) is 4.33. The Morgan fingerprint density at radius 3 is 2.56 bits per heavy atom. The van der Waals surface area contributed by atoms with E-state index in [4.69, 9.17) is 5.11 Å². The van der Waals surface area contributed by atoms with Crippen molar-refractivity contribution < 1.29 is 9.90 Å². The number of carbonyl (C=O) groups is 1. The molecule has 2 N–H and O–H groups in total. The van der Waals surface area contributed by atoms with Crippen molar-refractivity contribution in [3.63, 3.8) is 0 Å². The van der Waals surface area contributed by atoms with Crippen LogP contribution in [-0.4, -0.2) is 26.3 Å². The lowest BCUT2D eigenvalue weighted by molar-refractivity contribution is -0.141.